The molecule has 0 fully saturated rings. The lowest BCUT2D eigenvalue weighted by Crippen LogP contribution is -2.43. The number of carbonyl (C=O) groups excluding carboxylic acids is 1. The highest BCUT2D eigenvalue weighted by atomic mass is 16.5. The summed E-state index contributed by atoms with van der Waals surface area (Å²) < 4.78 is 10.5. The van der Waals surface area contributed by atoms with Crippen molar-refractivity contribution in [1.82, 2.24) is 4.90 Å². The van der Waals surface area contributed by atoms with Crippen LogP contribution in [0.1, 0.15) is 12.5 Å². The lowest BCUT2D eigenvalue weighted by molar-refractivity contribution is -0.139. The summed E-state index contributed by atoms with van der Waals surface area (Å²) in [7, 11) is 1.55. The van der Waals surface area contributed by atoms with Crippen molar-refractivity contribution in [3.8, 4) is 11.8 Å². The summed E-state index contributed by atoms with van der Waals surface area (Å²) in [5.41, 5.74) is 0.378. The summed E-state index contributed by atoms with van der Waals surface area (Å²) in [5, 5.41) is 18.0. The van der Waals surface area contributed by atoms with Gasteiger partial charge in [0.1, 0.15) is 11.8 Å². The Hall–Kier alpha value is -2.10. The molecule has 1 aromatic rings. The maximum absolute atomic E-state index is 12.3. The number of ether oxygens (including phenoxy) is 2. The first kappa shape index (κ1) is 17.0. The third-order valence-corrected chi connectivity index (χ3v) is 2.91. The zero-order valence-electron chi connectivity index (χ0n) is 12.3. The van der Waals surface area contributed by atoms with Gasteiger partial charge in [0.2, 0.25) is 0 Å². The van der Waals surface area contributed by atoms with Crippen molar-refractivity contribution in [1.29, 1.82) is 5.26 Å². The molecule has 1 rings (SSSR count). The molecule has 0 spiro atoms. The first-order valence-electron chi connectivity index (χ1n) is 6.68. The van der Waals surface area contributed by atoms with Crippen LogP contribution in [-0.4, -0.2) is 55.4 Å². The first-order valence-corrected chi connectivity index (χ1v) is 6.68. The molecule has 0 radical (unpaired) electrons. The molecule has 0 aromatic heterocycles. The van der Waals surface area contributed by atoms with E-state index in [1.165, 1.54) is 4.90 Å². The van der Waals surface area contributed by atoms with Gasteiger partial charge in [-0.25, -0.2) is 0 Å². The number of para-hydroxylation sites is 1. The fourth-order valence-electron chi connectivity index (χ4n) is 1.81. The van der Waals surface area contributed by atoms with Crippen LogP contribution in [-0.2, 0) is 9.53 Å². The summed E-state index contributed by atoms with van der Waals surface area (Å²) in [6.45, 7) is 2.47. The van der Waals surface area contributed by atoms with Crippen molar-refractivity contribution in [2.75, 3.05) is 33.4 Å². The van der Waals surface area contributed by atoms with E-state index in [0.29, 0.717) is 24.5 Å². The molecule has 0 heterocycles. The van der Waals surface area contributed by atoms with E-state index in [2.05, 4.69) is 0 Å². The van der Waals surface area contributed by atoms with Crippen LogP contribution in [0, 0.1) is 11.3 Å². The predicted octanol–water partition coefficient (Wildman–Crippen LogP) is 0.793. The Morgan fingerprint density at radius 3 is 2.76 bits per heavy atom. The molecular weight excluding hydrogens is 272 g/mol. The van der Waals surface area contributed by atoms with E-state index >= 15 is 0 Å². The molecule has 0 aliphatic heterocycles. The van der Waals surface area contributed by atoms with Crippen molar-refractivity contribution in [3.05, 3.63) is 29.8 Å². The van der Waals surface area contributed by atoms with Crippen LogP contribution in [0.2, 0.25) is 0 Å². The summed E-state index contributed by atoms with van der Waals surface area (Å²) in [5.74, 6) is 0.116. The Balaban J connectivity index is 2.74. The highest BCUT2D eigenvalue weighted by Gasteiger charge is 2.22. The van der Waals surface area contributed by atoms with Gasteiger partial charge in [0.15, 0.2) is 6.10 Å². The zero-order chi connectivity index (χ0) is 15.7. The van der Waals surface area contributed by atoms with Crippen LogP contribution in [0.5, 0.6) is 5.75 Å². The Morgan fingerprint density at radius 2 is 2.14 bits per heavy atom. The van der Waals surface area contributed by atoms with Crippen molar-refractivity contribution in [2.24, 2.45) is 0 Å². The monoisotopic (exact) mass is 292 g/mol. The summed E-state index contributed by atoms with van der Waals surface area (Å²) in [6.07, 6.45) is -0.747. The van der Waals surface area contributed by atoms with Gasteiger partial charge in [-0.3, -0.25) is 4.79 Å². The fourth-order valence-corrected chi connectivity index (χ4v) is 1.81. The van der Waals surface area contributed by atoms with E-state index in [4.69, 9.17) is 19.8 Å². The predicted molar refractivity (Wildman–Crippen MR) is 76.8 cm³/mol. The van der Waals surface area contributed by atoms with E-state index in [9.17, 15) is 4.79 Å². The number of rotatable bonds is 8. The molecule has 114 valence electrons. The number of amides is 1. The highest BCUT2D eigenvalue weighted by Crippen LogP contribution is 2.18. The quantitative estimate of drug-likeness (QED) is 0.766. The third kappa shape index (κ3) is 5.06. The fraction of sp³-hybridized carbons (Fsp3) is 0.467. The zero-order valence-corrected chi connectivity index (χ0v) is 12.3. The minimum Gasteiger partial charge on any atom is -0.480 e. The first-order chi connectivity index (χ1) is 10.1. The number of carbonyl (C=O) groups is 1. The van der Waals surface area contributed by atoms with Crippen molar-refractivity contribution in [2.45, 2.75) is 13.0 Å². The number of aliphatic hydroxyl groups excluding tert-OH is 1. The number of aliphatic hydroxyl groups is 1. The molecule has 0 aliphatic carbocycles. The average molecular weight is 292 g/mol. The molecule has 1 amide bonds. The molecule has 1 atom stereocenters. The van der Waals surface area contributed by atoms with Crippen molar-refractivity contribution >= 4 is 5.91 Å². The minimum absolute atomic E-state index is 0.128. The molecular formula is C15H20N2O4. The third-order valence-electron chi connectivity index (χ3n) is 2.91. The van der Waals surface area contributed by atoms with Crippen LogP contribution < -0.4 is 4.74 Å². The van der Waals surface area contributed by atoms with E-state index < -0.39 is 6.10 Å². The molecule has 6 nitrogen and oxygen atoms in total. The van der Waals surface area contributed by atoms with Gasteiger partial charge in [0.25, 0.3) is 5.91 Å². The number of hydrogen-bond acceptors (Lipinski definition) is 5. The second kappa shape index (κ2) is 8.95. The Kier molecular flexibility index (Phi) is 7.23. The number of methoxy groups -OCH3 is 1. The Labute approximate surface area is 124 Å². The van der Waals surface area contributed by atoms with Gasteiger partial charge in [0, 0.05) is 20.2 Å². The van der Waals surface area contributed by atoms with E-state index in [1.54, 1.807) is 38.3 Å². The molecule has 6 heteroatoms. The molecule has 0 bridgehead atoms. The lowest BCUT2D eigenvalue weighted by Gasteiger charge is -2.25. The van der Waals surface area contributed by atoms with Crippen LogP contribution in [0.25, 0.3) is 0 Å². The minimum atomic E-state index is -0.747. The van der Waals surface area contributed by atoms with Gasteiger partial charge in [-0.1, -0.05) is 12.1 Å². The smallest absolute Gasteiger partial charge is 0.263 e. The lowest BCUT2D eigenvalue weighted by atomic mass is 10.2. The van der Waals surface area contributed by atoms with E-state index in [1.807, 2.05) is 6.07 Å². The number of nitriles is 1. The molecule has 0 aliphatic rings. The maximum Gasteiger partial charge on any atom is 0.263 e. The van der Waals surface area contributed by atoms with Gasteiger partial charge in [-0.05, 0) is 19.1 Å². The summed E-state index contributed by atoms with van der Waals surface area (Å²) in [6, 6.07) is 8.76. The standard InChI is InChI=1S/C15H20N2O4/c1-12(15(19)17(7-9-18)8-10-20-2)21-14-6-4-3-5-13(14)11-16/h3-6,12,18H,7-10H2,1-2H3. The number of hydrogen-bond donors (Lipinski definition) is 1. The number of benzene rings is 1. The molecule has 0 saturated heterocycles. The van der Waals surface area contributed by atoms with Crippen LogP contribution in [0.15, 0.2) is 24.3 Å². The van der Waals surface area contributed by atoms with Crippen molar-refractivity contribution in [3.63, 3.8) is 0 Å². The van der Waals surface area contributed by atoms with Gasteiger partial charge < -0.3 is 19.5 Å². The average Bonchev–Trinajstić information content (AvgIpc) is 2.51. The summed E-state index contributed by atoms with van der Waals surface area (Å²) >= 11 is 0. The SMILES string of the molecule is COCCN(CCO)C(=O)C(C)Oc1ccccc1C#N. The molecule has 1 unspecified atom stereocenters. The second-order valence-corrected chi connectivity index (χ2v) is 4.41. The normalized spacial score (nSPS) is 11.5. The Morgan fingerprint density at radius 1 is 1.43 bits per heavy atom. The van der Waals surface area contributed by atoms with Crippen LogP contribution in [0.3, 0.4) is 0 Å². The van der Waals surface area contributed by atoms with Crippen LogP contribution in [0.4, 0.5) is 0 Å². The van der Waals surface area contributed by atoms with Crippen LogP contribution >= 0.6 is 0 Å². The van der Waals surface area contributed by atoms with Gasteiger partial charge in [-0.2, -0.15) is 5.26 Å². The van der Waals surface area contributed by atoms with Gasteiger partial charge in [-0.15, -0.1) is 0 Å². The van der Waals surface area contributed by atoms with E-state index in [-0.39, 0.29) is 19.1 Å². The van der Waals surface area contributed by atoms with Gasteiger partial charge >= 0.3 is 0 Å². The van der Waals surface area contributed by atoms with Crippen molar-refractivity contribution < 1.29 is 19.4 Å². The van der Waals surface area contributed by atoms with Gasteiger partial charge in [0.05, 0.1) is 18.8 Å². The second-order valence-electron chi connectivity index (χ2n) is 4.41. The molecule has 0 saturated carbocycles. The Bertz CT molecular complexity index is 499. The number of nitrogens with zero attached hydrogens (tertiary/aromatic N) is 2. The molecule has 21 heavy (non-hydrogen) atoms. The highest BCUT2D eigenvalue weighted by molar-refractivity contribution is 5.81. The van der Waals surface area contributed by atoms with E-state index in [0.717, 1.165) is 0 Å². The largest absolute Gasteiger partial charge is 0.480 e. The topological polar surface area (TPSA) is 82.8 Å². The molecule has 1 aromatic carbocycles. The summed E-state index contributed by atoms with van der Waals surface area (Å²) in [4.78, 5) is 13.8. The maximum atomic E-state index is 12.3. The molecule has 1 N–H and O–H groups in total.